The van der Waals surface area contributed by atoms with Crippen LogP contribution >= 0.6 is 11.3 Å². The Hall–Kier alpha value is -2.41. The fraction of sp³-hybridized carbons (Fsp3) is 0.312. The van der Waals surface area contributed by atoms with E-state index in [9.17, 15) is 9.59 Å². The summed E-state index contributed by atoms with van der Waals surface area (Å²) >= 11 is 1.59. The van der Waals surface area contributed by atoms with E-state index in [1.54, 1.807) is 23.5 Å². The number of benzene rings is 1. The molecule has 6 nitrogen and oxygen atoms in total. The highest BCUT2D eigenvalue weighted by Crippen LogP contribution is 2.25. The Morgan fingerprint density at radius 1 is 1.17 bits per heavy atom. The fourth-order valence-corrected chi connectivity index (χ4v) is 2.62. The number of nitrogens with zero attached hydrogens (tertiary/aromatic N) is 1. The summed E-state index contributed by atoms with van der Waals surface area (Å²) in [4.78, 5) is 27.2. The molecule has 0 saturated heterocycles. The zero-order valence-electron chi connectivity index (χ0n) is 13.1. The van der Waals surface area contributed by atoms with Crippen molar-refractivity contribution in [2.75, 3.05) is 19.7 Å². The summed E-state index contributed by atoms with van der Waals surface area (Å²) in [6.07, 6.45) is 0. The van der Waals surface area contributed by atoms with Gasteiger partial charge < -0.3 is 15.4 Å². The van der Waals surface area contributed by atoms with E-state index in [0.29, 0.717) is 12.3 Å². The van der Waals surface area contributed by atoms with Crippen LogP contribution in [0.1, 0.15) is 12.6 Å². The predicted molar refractivity (Wildman–Crippen MR) is 89.5 cm³/mol. The zero-order chi connectivity index (χ0) is 16.7. The summed E-state index contributed by atoms with van der Waals surface area (Å²) < 4.78 is 5.40. The minimum Gasteiger partial charge on any atom is -0.484 e. The first-order valence-electron chi connectivity index (χ1n) is 7.27. The summed E-state index contributed by atoms with van der Waals surface area (Å²) in [6.45, 7) is 4.14. The van der Waals surface area contributed by atoms with Crippen molar-refractivity contribution in [1.29, 1.82) is 0 Å². The number of rotatable bonds is 7. The second-order valence-corrected chi connectivity index (χ2v) is 5.70. The molecule has 2 aromatic rings. The minimum absolute atomic E-state index is 0.0433. The van der Waals surface area contributed by atoms with Gasteiger partial charge in [0, 0.05) is 23.2 Å². The molecule has 0 unspecified atom stereocenters. The van der Waals surface area contributed by atoms with Crippen LogP contribution in [0.4, 0.5) is 0 Å². The van der Waals surface area contributed by atoms with E-state index in [1.807, 2.05) is 31.4 Å². The van der Waals surface area contributed by atoms with Crippen molar-refractivity contribution in [2.45, 2.75) is 13.8 Å². The van der Waals surface area contributed by atoms with Gasteiger partial charge in [-0.05, 0) is 38.1 Å². The first kappa shape index (κ1) is 17.0. The number of aromatic nitrogens is 1. The molecule has 0 aliphatic heterocycles. The Bertz CT molecular complexity index is 667. The number of hydrogen-bond acceptors (Lipinski definition) is 5. The molecular weight excluding hydrogens is 314 g/mol. The highest BCUT2D eigenvalue weighted by molar-refractivity contribution is 7.13. The van der Waals surface area contributed by atoms with E-state index in [0.717, 1.165) is 16.3 Å². The van der Waals surface area contributed by atoms with Gasteiger partial charge in [0.2, 0.25) is 5.91 Å². The molecule has 122 valence electrons. The Kier molecular flexibility index (Phi) is 6.10. The SMILES string of the molecule is CCNC(=O)CNC(=O)COc1ccc(-c2nc(C)cs2)cc1. The molecule has 0 aliphatic rings. The molecule has 2 rings (SSSR count). The van der Waals surface area contributed by atoms with Gasteiger partial charge in [0.1, 0.15) is 10.8 Å². The van der Waals surface area contributed by atoms with Crippen LogP contribution in [0.25, 0.3) is 10.6 Å². The van der Waals surface area contributed by atoms with Crippen molar-refractivity contribution in [1.82, 2.24) is 15.6 Å². The van der Waals surface area contributed by atoms with Crippen LogP contribution in [0.3, 0.4) is 0 Å². The van der Waals surface area contributed by atoms with Crippen molar-refractivity contribution in [3.8, 4) is 16.3 Å². The van der Waals surface area contributed by atoms with E-state index < -0.39 is 0 Å². The van der Waals surface area contributed by atoms with Crippen molar-refractivity contribution in [3.05, 3.63) is 35.3 Å². The van der Waals surface area contributed by atoms with Crippen LogP contribution in [0.15, 0.2) is 29.6 Å². The number of carbonyl (C=O) groups excluding carboxylic acids is 2. The third kappa shape index (κ3) is 5.37. The summed E-state index contributed by atoms with van der Waals surface area (Å²) in [6, 6.07) is 7.40. The van der Waals surface area contributed by atoms with Crippen molar-refractivity contribution in [3.63, 3.8) is 0 Å². The van der Waals surface area contributed by atoms with Crippen molar-refractivity contribution >= 4 is 23.2 Å². The number of nitrogens with one attached hydrogen (secondary N) is 2. The first-order valence-corrected chi connectivity index (χ1v) is 8.15. The lowest BCUT2D eigenvalue weighted by Crippen LogP contribution is -2.38. The Balaban J connectivity index is 1.80. The first-order chi connectivity index (χ1) is 11.1. The number of carbonyl (C=O) groups is 2. The van der Waals surface area contributed by atoms with Gasteiger partial charge in [-0.25, -0.2) is 4.98 Å². The smallest absolute Gasteiger partial charge is 0.258 e. The maximum absolute atomic E-state index is 11.6. The number of thiazole rings is 1. The van der Waals surface area contributed by atoms with Gasteiger partial charge >= 0.3 is 0 Å². The third-order valence-electron chi connectivity index (χ3n) is 2.91. The third-order valence-corrected chi connectivity index (χ3v) is 3.92. The molecule has 0 atom stereocenters. The molecule has 0 saturated carbocycles. The van der Waals surface area contributed by atoms with Crippen molar-refractivity contribution in [2.24, 2.45) is 0 Å². The monoisotopic (exact) mass is 333 g/mol. The second kappa shape index (κ2) is 8.28. The zero-order valence-corrected chi connectivity index (χ0v) is 13.9. The quantitative estimate of drug-likeness (QED) is 0.809. The lowest BCUT2D eigenvalue weighted by Gasteiger charge is -2.08. The Morgan fingerprint density at radius 3 is 2.52 bits per heavy atom. The number of aryl methyl sites for hydroxylation is 1. The molecule has 0 bridgehead atoms. The topological polar surface area (TPSA) is 80.3 Å². The predicted octanol–water partition coefficient (Wildman–Crippen LogP) is 1.75. The van der Waals surface area contributed by atoms with Crippen LogP contribution in [0, 0.1) is 6.92 Å². The average Bonchev–Trinajstić information content (AvgIpc) is 2.98. The lowest BCUT2D eigenvalue weighted by atomic mass is 10.2. The molecule has 23 heavy (non-hydrogen) atoms. The molecule has 7 heteroatoms. The van der Waals surface area contributed by atoms with E-state index in [-0.39, 0.29) is 25.0 Å². The van der Waals surface area contributed by atoms with Crippen molar-refractivity contribution < 1.29 is 14.3 Å². The van der Waals surface area contributed by atoms with Gasteiger partial charge in [-0.15, -0.1) is 11.3 Å². The molecular formula is C16H19N3O3S. The molecule has 1 heterocycles. The van der Waals surface area contributed by atoms with Gasteiger partial charge in [-0.3, -0.25) is 9.59 Å². The Labute approximate surface area is 138 Å². The largest absolute Gasteiger partial charge is 0.484 e. The molecule has 1 aromatic carbocycles. The van der Waals surface area contributed by atoms with Crippen LogP contribution < -0.4 is 15.4 Å². The maximum Gasteiger partial charge on any atom is 0.258 e. The van der Waals surface area contributed by atoms with E-state index >= 15 is 0 Å². The van der Waals surface area contributed by atoms with Gasteiger partial charge in [0.05, 0.1) is 6.54 Å². The number of likely N-dealkylation sites (N-methyl/N-ethyl adjacent to an activating group) is 1. The van der Waals surface area contributed by atoms with E-state index in [4.69, 9.17) is 4.74 Å². The average molecular weight is 333 g/mol. The second-order valence-electron chi connectivity index (χ2n) is 4.84. The van der Waals surface area contributed by atoms with Crippen LogP contribution in [-0.2, 0) is 9.59 Å². The molecule has 1 aromatic heterocycles. The molecule has 0 radical (unpaired) electrons. The normalized spacial score (nSPS) is 10.2. The molecule has 0 fully saturated rings. The van der Waals surface area contributed by atoms with Gasteiger partial charge in [0.15, 0.2) is 6.61 Å². The van der Waals surface area contributed by atoms with Gasteiger partial charge in [0.25, 0.3) is 5.91 Å². The summed E-state index contributed by atoms with van der Waals surface area (Å²) in [5.41, 5.74) is 2.00. The standard InChI is InChI=1S/C16H19N3O3S/c1-3-17-14(20)8-18-15(21)9-22-13-6-4-12(5-7-13)16-19-11(2)10-23-16/h4-7,10H,3,8-9H2,1-2H3,(H,17,20)(H,18,21). The fourth-order valence-electron chi connectivity index (χ4n) is 1.82. The van der Waals surface area contributed by atoms with Crippen LogP contribution in [0.5, 0.6) is 5.75 Å². The molecule has 0 spiro atoms. The van der Waals surface area contributed by atoms with Gasteiger partial charge in [-0.2, -0.15) is 0 Å². The van der Waals surface area contributed by atoms with E-state index in [1.165, 1.54) is 0 Å². The number of amides is 2. The maximum atomic E-state index is 11.6. The highest BCUT2D eigenvalue weighted by Gasteiger charge is 2.06. The van der Waals surface area contributed by atoms with Crippen LogP contribution in [-0.4, -0.2) is 36.5 Å². The van der Waals surface area contributed by atoms with Crippen LogP contribution in [0.2, 0.25) is 0 Å². The number of hydrogen-bond donors (Lipinski definition) is 2. The number of ether oxygens (including phenoxy) is 1. The molecule has 2 amide bonds. The highest BCUT2D eigenvalue weighted by atomic mass is 32.1. The Morgan fingerprint density at radius 2 is 1.91 bits per heavy atom. The summed E-state index contributed by atoms with van der Waals surface area (Å²) in [5.74, 6) is 0.0370. The summed E-state index contributed by atoms with van der Waals surface area (Å²) in [7, 11) is 0. The van der Waals surface area contributed by atoms with Gasteiger partial charge in [-0.1, -0.05) is 0 Å². The van der Waals surface area contributed by atoms with E-state index in [2.05, 4.69) is 15.6 Å². The molecule has 2 N–H and O–H groups in total. The minimum atomic E-state index is -0.337. The summed E-state index contributed by atoms with van der Waals surface area (Å²) in [5, 5.41) is 8.04. The lowest BCUT2D eigenvalue weighted by molar-refractivity contribution is -0.127. The molecule has 0 aliphatic carbocycles.